The average molecular weight is 228 g/mol. The van der Waals surface area contributed by atoms with Crippen molar-refractivity contribution in [3.8, 4) is 0 Å². The molecule has 92 valence electrons. The van der Waals surface area contributed by atoms with E-state index in [2.05, 4.69) is 5.32 Å². The lowest BCUT2D eigenvalue weighted by Crippen LogP contribution is -2.58. The fourth-order valence-corrected chi connectivity index (χ4v) is 2.11. The van der Waals surface area contributed by atoms with Crippen molar-refractivity contribution in [2.45, 2.75) is 51.6 Å². The van der Waals surface area contributed by atoms with E-state index in [1.807, 2.05) is 6.92 Å². The number of nitrogens with one attached hydrogen (secondary N) is 1. The maximum atomic E-state index is 11.9. The summed E-state index contributed by atoms with van der Waals surface area (Å²) in [5.74, 6) is -0.174. The lowest BCUT2D eigenvalue weighted by atomic mass is 10.0. The van der Waals surface area contributed by atoms with Crippen LogP contribution in [0.15, 0.2) is 0 Å². The molecule has 1 aliphatic rings. The number of carboxylic acid groups (broad SMARTS) is 1. The van der Waals surface area contributed by atoms with Gasteiger partial charge in [0.25, 0.3) is 0 Å². The van der Waals surface area contributed by atoms with Gasteiger partial charge in [0.1, 0.15) is 5.54 Å². The Balaban J connectivity index is 2.96. The Kier molecular flexibility index (Phi) is 3.17. The zero-order valence-electron chi connectivity index (χ0n) is 10.3. The Hall–Kier alpha value is -1.26. The van der Waals surface area contributed by atoms with Gasteiger partial charge in [-0.05, 0) is 40.5 Å². The molecule has 0 aliphatic heterocycles. The fraction of sp³-hybridized carbons (Fsp3) is 0.818. The third kappa shape index (κ3) is 2.13. The lowest BCUT2D eigenvalue weighted by Gasteiger charge is -2.39. The van der Waals surface area contributed by atoms with Gasteiger partial charge in [0, 0.05) is 12.1 Å². The highest BCUT2D eigenvalue weighted by molar-refractivity contribution is 5.92. The number of likely N-dealkylation sites (N-methyl/N-ethyl adjacent to an activating group) is 1. The van der Waals surface area contributed by atoms with E-state index in [4.69, 9.17) is 0 Å². The summed E-state index contributed by atoms with van der Waals surface area (Å²) in [6.07, 6.45) is 0.196. The molecule has 1 fully saturated rings. The van der Waals surface area contributed by atoms with Gasteiger partial charge in [-0.2, -0.15) is 0 Å². The minimum Gasteiger partial charge on any atom is -0.465 e. The second-order valence-corrected chi connectivity index (χ2v) is 5.18. The molecule has 0 unspecified atom stereocenters. The van der Waals surface area contributed by atoms with E-state index in [-0.39, 0.29) is 5.91 Å². The molecule has 1 rings (SSSR count). The molecule has 0 saturated heterocycles. The van der Waals surface area contributed by atoms with Crippen LogP contribution in [0.2, 0.25) is 0 Å². The topological polar surface area (TPSA) is 69.6 Å². The van der Waals surface area contributed by atoms with E-state index >= 15 is 0 Å². The van der Waals surface area contributed by atoms with Gasteiger partial charge in [0.2, 0.25) is 5.91 Å². The molecular weight excluding hydrogens is 208 g/mol. The Bertz CT molecular complexity index is 303. The highest BCUT2D eigenvalue weighted by Crippen LogP contribution is 2.45. The van der Waals surface area contributed by atoms with Crippen LogP contribution in [-0.2, 0) is 4.79 Å². The number of hydrogen-bond acceptors (Lipinski definition) is 2. The summed E-state index contributed by atoms with van der Waals surface area (Å²) in [4.78, 5) is 24.5. The second kappa shape index (κ2) is 3.96. The molecule has 0 aromatic rings. The second-order valence-electron chi connectivity index (χ2n) is 5.18. The minimum absolute atomic E-state index is 0.174. The van der Waals surface area contributed by atoms with E-state index in [9.17, 15) is 14.7 Å². The standard InChI is InChI=1S/C11H20N2O3/c1-5-12-8(14)11(6-7-11)13(9(15)16)10(2,3)4/h5-7H2,1-4H3,(H,12,14)(H,15,16). The molecule has 0 atom stereocenters. The van der Waals surface area contributed by atoms with Gasteiger partial charge in [0.15, 0.2) is 0 Å². The van der Waals surface area contributed by atoms with Crippen molar-refractivity contribution in [1.82, 2.24) is 10.2 Å². The molecule has 2 N–H and O–H groups in total. The van der Waals surface area contributed by atoms with Crippen molar-refractivity contribution in [3.05, 3.63) is 0 Å². The molecule has 2 amide bonds. The molecule has 0 bridgehead atoms. The highest BCUT2D eigenvalue weighted by Gasteiger charge is 2.59. The molecule has 0 aromatic heterocycles. The number of rotatable bonds is 3. The number of nitrogens with zero attached hydrogens (tertiary/aromatic N) is 1. The lowest BCUT2D eigenvalue weighted by molar-refractivity contribution is -0.129. The summed E-state index contributed by atoms with van der Waals surface area (Å²) in [6, 6.07) is 0. The van der Waals surface area contributed by atoms with E-state index < -0.39 is 17.2 Å². The first-order chi connectivity index (χ1) is 7.25. The summed E-state index contributed by atoms with van der Waals surface area (Å²) in [6.45, 7) is 7.77. The zero-order chi connectivity index (χ0) is 12.6. The van der Waals surface area contributed by atoms with Crippen LogP contribution < -0.4 is 5.32 Å². The molecule has 16 heavy (non-hydrogen) atoms. The molecule has 5 nitrogen and oxygen atoms in total. The van der Waals surface area contributed by atoms with Crippen molar-refractivity contribution in [2.24, 2.45) is 0 Å². The quantitative estimate of drug-likeness (QED) is 0.767. The Morgan fingerprint density at radius 3 is 2.12 bits per heavy atom. The van der Waals surface area contributed by atoms with Gasteiger partial charge in [-0.3, -0.25) is 9.69 Å². The summed E-state index contributed by atoms with van der Waals surface area (Å²) in [5.41, 5.74) is -1.40. The van der Waals surface area contributed by atoms with Crippen LogP contribution in [-0.4, -0.2) is 39.6 Å². The van der Waals surface area contributed by atoms with Crippen LogP contribution >= 0.6 is 0 Å². The predicted molar refractivity (Wildman–Crippen MR) is 60.3 cm³/mol. The monoisotopic (exact) mass is 228 g/mol. The number of carbonyl (C=O) groups excluding carboxylic acids is 1. The van der Waals surface area contributed by atoms with Crippen molar-refractivity contribution in [3.63, 3.8) is 0 Å². The van der Waals surface area contributed by atoms with Crippen LogP contribution in [0.3, 0.4) is 0 Å². The van der Waals surface area contributed by atoms with Crippen molar-refractivity contribution in [1.29, 1.82) is 0 Å². The van der Waals surface area contributed by atoms with Gasteiger partial charge in [-0.1, -0.05) is 0 Å². The molecule has 5 heteroatoms. The summed E-state index contributed by atoms with van der Waals surface area (Å²) >= 11 is 0. The molecule has 0 heterocycles. The van der Waals surface area contributed by atoms with Gasteiger partial charge in [0.05, 0.1) is 0 Å². The Labute approximate surface area is 95.8 Å². The molecule has 0 aromatic carbocycles. The maximum absolute atomic E-state index is 11.9. The molecule has 1 saturated carbocycles. The van der Waals surface area contributed by atoms with E-state index in [0.717, 1.165) is 0 Å². The normalized spacial score (nSPS) is 17.8. The van der Waals surface area contributed by atoms with Crippen LogP contribution in [0.5, 0.6) is 0 Å². The predicted octanol–water partition coefficient (Wildman–Crippen LogP) is 1.43. The minimum atomic E-state index is -1.03. The van der Waals surface area contributed by atoms with Crippen LogP contribution in [0.1, 0.15) is 40.5 Å². The Morgan fingerprint density at radius 1 is 1.38 bits per heavy atom. The van der Waals surface area contributed by atoms with Crippen molar-refractivity contribution >= 4 is 12.0 Å². The first-order valence-corrected chi connectivity index (χ1v) is 5.57. The zero-order valence-corrected chi connectivity index (χ0v) is 10.3. The van der Waals surface area contributed by atoms with Gasteiger partial charge >= 0.3 is 6.09 Å². The largest absolute Gasteiger partial charge is 0.465 e. The number of carbonyl (C=O) groups is 2. The maximum Gasteiger partial charge on any atom is 0.408 e. The van der Waals surface area contributed by atoms with E-state index in [0.29, 0.717) is 19.4 Å². The van der Waals surface area contributed by atoms with Crippen LogP contribution in [0.4, 0.5) is 4.79 Å². The molecule has 0 radical (unpaired) electrons. The first kappa shape index (κ1) is 12.8. The van der Waals surface area contributed by atoms with Crippen molar-refractivity contribution < 1.29 is 14.7 Å². The van der Waals surface area contributed by atoms with Crippen LogP contribution in [0, 0.1) is 0 Å². The molecule has 0 spiro atoms. The third-order valence-corrected chi connectivity index (χ3v) is 2.77. The first-order valence-electron chi connectivity index (χ1n) is 5.57. The van der Waals surface area contributed by atoms with Gasteiger partial charge in [-0.25, -0.2) is 4.79 Å². The third-order valence-electron chi connectivity index (χ3n) is 2.77. The number of hydrogen-bond donors (Lipinski definition) is 2. The smallest absolute Gasteiger partial charge is 0.408 e. The van der Waals surface area contributed by atoms with Crippen LogP contribution in [0.25, 0.3) is 0 Å². The summed E-state index contributed by atoms with van der Waals surface area (Å²) < 4.78 is 0. The van der Waals surface area contributed by atoms with Gasteiger partial charge in [-0.15, -0.1) is 0 Å². The van der Waals surface area contributed by atoms with E-state index in [1.165, 1.54) is 4.90 Å². The fourth-order valence-electron chi connectivity index (χ4n) is 2.11. The molecule has 1 aliphatic carbocycles. The van der Waals surface area contributed by atoms with Crippen molar-refractivity contribution in [2.75, 3.05) is 6.54 Å². The SMILES string of the molecule is CCNC(=O)C1(N(C(=O)O)C(C)(C)C)CC1. The number of amides is 2. The highest BCUT2D eigenvalue weighted by atomic mass is 16.4. The summed E-state index contributed by atoms with van der Waals surface area (Å²) in [7, 11) is 0. The summed E-state index contributed by atoms with van der Waals surface area (Å²) in [5, 5.41) is 12.0. The van der Waals surface area contributed by atoms with Gasteiger partial charge < -0.3 is 10.4 Å². The van der Waals surface area contributed by atoms with E-state index in [1.54, 1.807) is 20.8 Å². The average Bonchev–Trinajstić information content (AvgIpc) is 2.82. The Morgan fingerprint density at radius 2 is 1.88 bits per heavy atom. The molecular formula is C11H20N2O3.